The van der Waals surface area contributed by atoms with Gasteiger partial charge in [-0.3, -0.25) is 9.59 Å². The van der Waals surface area contributed by atoms with Gasteiger partial charge >= 0.3 is 0 Å². The number of fused-ring (bicyclic) bond motifs is 1. The maximum Gasteiger partial charge on any atom is 0.275 e. The number of aromatic nitrogens is 4. The van der Waals surface area contributed by atoms with Gasteiger partial charge in [0.2, 0.25) is 5.43 Å². The van der Waals surface area contributed by atoms with Crippen molar-refractivity contribution in [2.75, 3.05) is 13.6 Å². The molecular formula is C19H19N5O3. The second-order valence-electron chi connectivity index (χ2n) is 6.72. The van der Waals surface area contributed by atoms with Crippen LogP contribution in [0.4, 0.5) is 0 Å². The molecule has 1 aliphatic heterocycles. The van der Waals surface area contributed by atoms with Gasteiger partial charge in [-0.2, -0.15) is 5.10 Å². The number of hydrogen-bond donors (Lipinski definition) is 1. The Morgan fingerprint density at radius 3 is 2.63 bits per heavy atom. The van der Waals surface area contributed by atoms with E-state index in [0.29, 0.717) is 6.54 Å². The third-order valence-corrected chi connectivity index (χ3v) is 4.87. The predicted octanol–water partition coefficient (Wildman–Crippen LogP) is 1.37. The van der Waals surface area contributed by atoms with Crippen LogP contribution in [0.1, 0.15) is 33.8 Å². The molecule has 1 amide bonds. The van der Waals surface area contributed by atoms with Gasteiger partial charge in [-0.1, -0.05) is 30.3 Å². The first-order chi connectivity index (χ1) is 13.0. The molecule has 2 atom stereocenters. The summed E-state index contributed by atoms with van der Waals surface area (Å²) >= 11 is 0. The molecule has 0 fully saturated rings. The molecule has 0 aliphatic carbocycles. The van der Waals surface area contributed by atoms with Crippen molar-refractivity contribution in [3.63, 3.8) is 0 Å². The summed E-state index contributed by atoms with van der Waals surface area (Å²) in [5, 5.41) is 14.4. The highest BCUT2D eigenvalue weighted by Crippen LogP contribution is 2.35. The molecule has 0 saturated heterocycles. The molecule has 0 spiro atoms. The average molecular weight is 365 g/mol. The lowest BCUT2D eigenvalue weighted by Gasteiger charge is -2.37. The van der Waals surface area contributed by atoms with E-state index in [4.69, 9.17) is 0 Å². The smallest absolute Gasteiger partial charge is 0.275 e. The zero-order valence-electron chi connectivity index (χ0n) is 15.0. The Morgan fingerprint density at radius 1 is 1.22 bits per heavy atom. The molecule has 8 heteroatoms. The third kappa shape index (κ3) is 2.79. The van der Waals surface area contributed by atoms with Crippen LogP contribution in [0.15, 0.2) is 53.8 Å². The molecule has 0 unspecified atom stereocenters. The van der Waals surface area contributed by atoms with Gasteiger partial charge in [0, 0.05) is 19.8 Å². The van der Waals surface area contributed by atoms with Crippen LogP contribution in [0.2, 0.25) is 0 Å². The van der Waals surface area contributed by atoms with Crippen LogP contribution in [0.5, 0.6) is 5.75 Å². The maximum atomic E-state index is 12.6. The van der Waals surface area contributed by atoms with Crippen LogP contribution in [0.3, 0.4) is 0 Å². The Hall–Kier alpha value is -3.42. The molecular weight excluding hydrogens is 346 g/mol. The van der Waals surface area contributed by atoms with Crippen LogP contribution >= 0.6 is 0 Å². The van der Waals surface area contributed by atoms with E-state index in [0.717, 1.165) is 17.5 Å². The van der Waals surface area contributed by atoms with Crippen molar-refractivity contribution in [2.24, 2.45) is 0 Å². The minimum absolute atomic E-state index is 0.0842. The van der Waals surface area contributed by atoms with Crippen LogP contribution in [-0.2, 0) is 0 Å². The molecule has 2 aromatic heterocycles. The van der Waals surface area contributed by atoms with Crippen molar-refractivity contribution in [3.05, 3.63) is 76.2 Å². The standard InChI is InChI=1S/C19H19N5O3/c1-12-9-23(11-20-12)16(13-6-4-3-5-7-13)14-10-22(2)19(27)17-18(26)15(25)8-21-24(14)17/h3-9,11,14,16,26H,10H2,1-2H3/t14-,16+/m1/s1. The number of nitrogens with zero attached hydrogens (tertiary/aromatic N) is 5. The fourth-order valence-electron chi connectivity index (χ4n) is 3.60. The normalized spacial score (nSPS) is 17.6. The number of carbonyl (C=O) groups is 1. The minimum Gasteiger partial charge on any atom is -0.502 e. The van der Waals surface area contributed by atoms with Gasteiger partial charge in [0.25, 0.3) is 5.91 Å². The van der Waals surface area contributed by atoms with E-state index >= 15 is 0 Å². The summed E-state index contributed by atoms with van der Waals surface area (Å²) in [6, 6.07) is 9.27. The van der Waals surface area contributed by atoms with Gasteiger partial charge in [-0.15, -0.1) is 0 Å². The van der Waals surface area contributed by atoms with Crippen LogP contribution in [0.25, 0.3) is 0 Å². The summed E-state index contributed by atoms with van der Waals surface area (Å²) in [5.74, 6) is -0.997. The van der Waals surface area contributed by atoms with Gasteiger partial charge < -0.3 is 14.6 Å². The molecule has 0 radical (unpaired) electrons. The lowest BCUT2D eigenvalue weighted by Crippen LogP contribution is -2.46. The van der Waals surface area contributed by atoms with Crippen molar-refractivity contribution in [1.82, 2.24) is 24.2 Å². The van der Waals surface area contributed by atoms with E-state index in [2.05, 4.69) is 10.1 Å². The van der Waals surface area contributed by atoms with Crippen LogP contribution in [0, 0.1) is 6.92 Å². The highest BCUT2D eigenvalue weighted by Gasteiger charge is 2.38. The molecule has 27 heavy (non-hydrogen) atoms. The molecule has 3 aromatic rings. The fourth-order valence-corrected chi connectivity index (χ4v) is 3.60. The summed E-state index contributed by atoms with van der Waals surface area (Å²) < 4.78 is 3.44. The van der Waals surface area contributed by atoms with Crippen molar-refractivity contribution >= 4 is 5.91 Å². The van der Waals surface area contributed by atoms with Gasteiger partial charge in [0.05, 0.1) is 30.3 Å². The van der Waals surface area contributed by atoms with Crippen LogP contribution < -0.4 is 5.43 Å². The lowest BCUT2D eigenvalue weighted by atomic mass is 9.96. The van der Waals surface area contributed by atoms with Gasteiger partial charge in [0.1, 0.15) is 0 Å². The van der Waals surface area contributed by atoms with Gasteiger partial charge in [0.15, 0.2) is 11.4 Å². The molecule has 1 N–H and O–H groups in total. The monoisotopic (exact) mass is 365 g/mol. The van der Waals surface area contributed by atoms with E-state index in [-0.39, 0.29) is 17.8 Å². The first-order valence-electron chi connectivity index (χ1n) is 8.58. The molecule has 138 valence electrons. The van der Waals surface area contributed by atoms with Crippen molar-refractivity contribution < 1.29 is 9.90 Å². The van der Waals surface area contributed by atoms with Gasteiger partial charge in [-0.25, -0.2) is 9.67 Å². The molecule has 8 nitrogen and oxygen atoms in total. The molecule has 1 aliphatic rings. The highest BCUT2D eigenvalue weighted by atomic mass is 16.3. The van der Waals surface area contributed by atoms with E-state index in [1.807, 2.05) is 48.0 Å². The fraction of sp³-hybridized carbons (Fsp3) is 0.263. The lowest BCUT2D eigenvalue weighted by molar-refractivity contribution is 0.0671. The summed E-state index contributed by atoms with van der Waals surface area (Å²) in [7, 11) is 1.65. The highest BCUT2D eigenvalue weighted by molar-refractivity contribution is 5.95. The Kier molecular flexibility index (Phi) is 4.02. The number of hydrogen-bond acceptors (Lipinski definition) is 5. The number of aromatic hydroxyl groups is 1. The number of carbonyl (C=O) groups excluding carboxylic acids is 1. The molecule has 0 saturated carbocycles. The first kappa shape index (κ1) is 17.0. The van der Waals surface area contributed by atoms with E-state index in [1.165, 1.54) is 9.58 Å². The minimum atomic E-state index is -0.668. The summed E-state index contributed by atoms with van der Waals surface area (Å²) in [6.45, 7) is 2.28. The molecule has 1 aromatic carbocycles. The Bertz CT molecular complexity index is 1060. The molecule has 3 heterocycles. The quantitative estimate of drug-likeness (QED) is 0.757. The summed E-state index contributed by atoms with van der Waals surface area (Å²) in [4.78, 5) is 30.3. The number of likely N-dealkylation sites (N-methyl/N-ethyl adjacent to an activating group) is 1. The van der Waals surface area contributed by atoms with Crippen molar-refractivity contribution in [2.45, 2.75) is 19.0 Å². The van der Waals surface area contributed by atoms with Gasteiger partial charge in [-0.05, 0) is 12.5 Å². The summed E-state index contributed by atoms with van der Waals surface area (Å²) in [6.07, 6.45) is 4.72. The second-order valence-corrected chi connectivity index (χ2v) is 6.72. The Balaban J connectivity index is 1.94. The second kappa shape index (κ2) is 6.39. The SMILES string of the molecule is Cc1cn([C@@H](c2ccccc2)[C@H]2CN(C)C(=O)c3c(O)c(=O)cnn32)cn1. The zero-order valence-corrected chi connectivity index (χ0v) is 15.0. The number of amides is 1. The summed E-state index contributed by atoms with van der Waals surface area (Å²) in [5.41, 5.74) is 1.12. The van der Waals surface area contributed by atoms with E-state index in [1.54, 1.807) is 13.4 Å². The van der Waals surface area contributed by atoms with Crippen LogP contribution in [-0.4, -0.2) is 48.8 Å². The zero-order chi connectivity index (χ0) is 19.1. The topological polar surface area (TPSA) is 93.3 Å². The van der Waals surface area contributed by atoms with Crippen molar-refractivity contribution in [3.8, 4) is 5.75 Å². The number of aryl methyl sites for hydroxylation is 1. The first-order valence-corrected chi connectivity index (χ1v) is 8.58. The number of rotatable bonds is 3. The predicted molar refractivity (Wildman–Crippen MR) is 97.7 cm³/mol. The van der Waals surface area contributed by atoms with E-state index in [9.17, 15) is 14.7 Å². The Morgan fingerprint density at radius 2 is 1.96 bits per heavy atom. The largest absolute Gasteiger partial charge is 0.502 e. The maximum absolute atomic E-state index is 12.6. The third-order valence-electron chi connectivity index (χ3n) is 4.87. The van der Waals surface area contributed by atoms with Crippen molar-refractivity contribution in [1.29, 1.82) is 0 Å². The Labute approximate surface area is 155 Å². The number of benzene rings is 1. The average Bonchev–Trinajstić information content (AvgIpc) is 3.08. The molecule has 0 bridgehead atoms. The van der Waals surface area contributed by atoms with E-state index < -0.39 is 17.1 Å². The molecule has 4 rings (SSSR count). The number of imidazole rings is 1.